The summed E-state index contributed by atoms with van der Waals surface area (Å²) in [6, 6.07) is 5.62. The molecule has 0 atom stereocenters. The van der Waals surface area contributed by atoms with E-state index in [1.54, 1.807) is 12.3 Å². The monoisotopic (exact) mass is 290 g/mol. The number of hydrogen-bond acceptors (Lipinski definition) is 5. The Labute approximate surface area is 118 Å². The summed E-state index contributed by atoms with van der Waals surface area (Å²) in [5, 5.41) is 4.03. The third kappa shape index (κ3) is 2.21. The number of rotatable bonds is 2. The molecule has 0 bridgehead atoms. The van der Waals surface area contributed by atoms with E-state index in [0.717, 1.165) is 0 Å². The van der Waals surface area contributed by atoms with Crippen LogP contribution in [0.5, 0.6) is 0 Å². The van der Waals surface area contributed by atoms with Crippen LogP contribution in [0.2, 0.25) is 5.02 Å². The van der Waals surface area contributed by atoms with Gasteiger partial charge in [0.2, 0.25) is 5.82 Å². The Balaban J connectivity index is 2.04. The average Bonchev–Trinajstić information content (AvgIpc) is 2.88. The number of nitrogen functional groups attached to an aromatic ring is 1. The first-order valence-electron chi connectivity index (χ1n) is 5.64. The fourth-order valence-corrected chi connectivity index (χ4v) is 1.97. The molecule has 0 aliphatic rings. The van der Waals surface area contributed by atoms with Crippen molar-refractivity contribution in [3.8, 4) is 22.8 Å². The van der Waals surface area contributed by atoms with E-state index in [0.29, 0.717) is 16.8 Å². The minimum absolute atomic E-state index is 0.208. The van der Waals surface area contributed by atoms with Gasteiger partial charge in [0.1, 0.15) is 5.82 Å². The zero-order chi connectivity index (χ0) is 14.1. The summed E-state index contributed by atoms with van der Waals surface area (Å²) < 4.78 is 18.2. The van der Waals surface area contributed by atoms with Gasteiger partial charge in [0.25, 0.3) is 5.89 Å². The lowest BCUT2D eigenvalue weighted by atomic mass is 10.2. The van der Waals surface area contributed by atoms with E-state index in [1.807, 2.05) is 0 Å². The number of anilines is 1. The lowest BCUT2D eigenvalue weighted by Gasteiger charge is -1.98. The second kappa shape index (κ2) is 4.90. The van der Waals surface area contributed by atoms with Crippen molar-refractivity contribution in [1.82, 2.24) is 15.1 Å². The second-order valence-electron chi connectivity index (χ2n) is 4.01. The number of pyridine rings is 1. The van der Waals surface area contributed by atoms with Crippen molar-refractivity contribution in [1.29, 1.82) is 0 Å². The van der Waals surface area contributed by atoms with Crippen LogP contribution in [0, 0.1) is 5.82 Å². The maximum Gasteiger partial charge on any atom is 0.260 e. The van der Waals surface area contributed by atoms with Gasteiger partial charge in [-0.2, -0.15) is 4.98 Å². The number of benzene rings is 1. The number of aromatic nitrogens is 3. The molecule has 2 N–H and O–H groups in total. The largest absolute Gasteiger partial charge is 0.397 e. The third-order valence-electron chi connectivity index (χ3n) is 2.68. The summed E-state index contributed by atoms with van der Waals surface area (Å²) in [5.41, 5.74) is 7.27. The number of nitrogens with zero attached hydrogens (tertiary/aromatic N) is 3. The summed E-state index contributed by atoms with van der Waals surface area (Å²) in [6.07, 6.45) is 3.06. The van der Waals surface area contributed by atoms with Crippen LogP contribution in [0.25, 0.3) is 22.8 Å². The highest BCUT2D eigenvalue weighted by Crippen LogP contribution is 2.29. The molecule has 5 nitrogen and oxygen atoms in total. The normalized spacial score (nSPS) is 10.7. The standard InChI is InChI=1S/C13H8ClFN4O/c14-10-5-7(15)1-2-8(10)12-18-13(20-19-12)9-3-4-17-6-11(9)16/h1-6H,16H2. The molecule has 2 heterocycles. The molecule has 0 saturated carbocycles. The van der Waals surface area contributed by atoms with Crippen molar-refractivity contribution in [2.75, 3.05) is 5.73 Å². The van der Waals surface area contributed by atoms with E-state index in [2.05, 4.69) is 15.1 Å². The Morgan fingerprint density at radius 1 is 1.20 bits per heavy atom. The molecule has 0 fully saturated rings. The molecule has 2 aromatic heterocycles. The van der Waals surface area contributed by atoms with Gasteiger partial charge in [-0.05, 0) is 24.3 Å². The molecule has 3 rings (SSSR count). The number of hydrogen-bond donors (Lipinski definition) is 1. The van der Waals surface area contributed by atoms with Gasteiger partial charge < -0.3 is 10.3 Å². The van der Waals surface area contributed by atoms with Crippen molar-refractivity contribution >= 4 is 17.3 Å². The summed E-state index contributed by atoms with van der Waals surface area (Å²) in [7, 11) is 0. The van der Waals surface area contributed by atoms with Crippen LogP contribution >= 0.6 is 11.6 Å². The van der Waals surface area contributed by atoms with Gasteiger partial charge in [-0.1, -0.05) is 16.8 Å². The molecule has 0 unspecified atom stereocenters. The van der Waals surface area contributed by atoms with Crippen LogP contribution in [0.4, 0.5) is 10.1 Å². The summed E-state index contributed by atoms with van der Waals surface area (Å²) in [4.78, 5) is 8.09. The number of nitrogens with two attached hydrogens (primary N) is 1. The smallest absolute Gasteiger partial charge is 0.260 e. The Bertz CT molecular complexity index is 775. The quantitative estimate of drug-likeness (QED) is 0.784. The van der Waals surface area contributed by atoms with Crippen molar-refractivity contribution < 1.29 is 8.91 Å². The fourth-order valence-electron chi connectivity index (χ4n) is 1.71. The van der Waals surface area contributed by atoms with E-state index in [-0.39, 0.29) is 16.7 Å². The number of halogens is 2. The predicted octanol–water partition coefficient (Wildman–Crippen LogP) is 3.17. The molecule has 1 aromatic carbocycles. The van der Waals surface area contributed by atoms with Crippen LogP contribution in [0.15, 0.2) is 41.2 Å². The van der Waals surface area contributed by atoms with E-state index >= 15 is 0 Å². The fraction of sp³-hybridized carbons (Fsp3) is 0. The van der Waals surface area contributed by atoms with E-state index in [1.165, 1.54) is 24.4 Å². The maximum atomic E-state index is 13.0. The highest BCUT2D eigenvalue weighted by atomic mass is 35.5. The molecule has 0 aliphatic heterocycles. The first kappa shape index (κ1) is 12.6. The summed E-state index contributed by atoms with van der Waals surface area (Å²) in [6.45, 7) is 0. The molecular weight excluding hydrogens is 283 g/mol. The van der Waals surface area contributed by atoms with Crippen molar-refractivity contribution in [3.63, 3.8) is 0 Å². The van der Waals surface area contributed by atoms with Crippen LogP contribution in [0.1, 0.15) is 0 Å². The van der Waals surface area contributed by atoms with Crippen molar-refractivity contribution in [2.24, 2.45) is 0 Å². The topological polar surface area (TPSA) is 77.8 Å². The van der Waals surface area contributed by atoms with E-state index in [9.17, 15) is 4.39 Å². The molecule has 0 amide bonds. The molecule has 7 heteroatoms. The Morgan fingerprint density at radius 3 is 2.80 bits per heavy atom. The summed E-state index contributed by atoms with van der Waals surface area (Å²) in [5.74, 6) is 0.0855. The van der Waals surface area contributed by atoms with Gasteiger partial charge in [-0.15, -0.1) is 0 Å². The highest BCUT2D eigenvalue weighted by Gasteiger charge is 2.15. The van der Waals surface area contributed by atoms with Gasteiger partial charge in [0, 0.05) is 11.8 Å². The van der Waals surface area contributed by atoms with E-state index in [4.69, 9.17) is 21.9 Å². The van der Waals surface area contributed by atoms with Crippen molar-refractivity contribution in [3.05, 3.63) is 47.5 Å². The maximum absolute atomic E-state index is 13.0. The van der Waals surface area contributed by atoms with Gasteiger partial charge in [0.15, 0.2) is 0 Å². The third-order valence-corrected chi connectivity index (χ3v) is 2.99. The van der Waals surface area contributed by atoms with Gasteiger partial charge in [-0.3, -0.25) is 4.98 Å². The first-order valence-corrected chi connectivity index (χ1v) is 6.02. The average molecular weight is 291 g/mol. The van der Waals surface area contributed by atoms with Crippen LogP contribution < -0.4 is 5.73 Å². The van der Waals surface area contributed by atoms with Gasteiger partial charge in [-0.25, -0.2) is 4.39 Å². The van der Waals surface area contributed by atoms with E-state index < -0.39 is 5.82 Å². The van der Waals surface area contributed by atoms with Crippen molar-refractivity contribution in [2.45, 2.75) is 0 Å². The Kier molecular flexibility index (Phi) is 3.08. The molecule has 0 radical (unpaired) electrons. The lowest BCUT2D eigenvalue weighted by Crippen LogP contribution is -1.91. The summed E-state index contributed by atoms with van der Waals surface area (Å²) >= 11 is 5.95. The minimum atomic E-state index is -0.430. The molecule has 0 saturated heterocycles. The first-order chi connectivity index (χ1) is 9.65. The SMILES string of the molecule is Nc1cnccc1-c1nc(-c2ccc(F)cc2Cl)no1. The van der Waals surface area contributed by atoms with Crippen LogP contribution in [-0.4, -0.2) is 15.1 Å². The Morgan fingerprint density at radius 2 is 2.05 bits per heavy atom. The molecule has 0 aliphatic carbocycles. The zero-order valence-corrected chi connectivity index (χ0v) is 10.8. The van der Waals surface area contributed by atoms with Gasteiger partial charge in [0.05, 0.1) is 22.5 Å². The predicted molar refractivity (Wildman–Crippen MR) is 72.3 cm³/mol. The molecule has 20 heavy (non-hydrogen) atoms. The molecular formula is C13H8ClFN4O. The molecule has 100 valence electrons. The van der Waals surface area contributed by atoms with Gasteiger partial charge >= 0.3 is 0 Å². The molecule has 0 spiro atoms. The van der Waals surface area contributed by atoms with Crippen LogP contribution in [0.3, 0.4) is 0 Å². The van der Waals surface area contributed by atoms with Crippen LogP contribution in [-0.2, 0) is 0 Å². The minimum Gasteiger partial charge on any atom is -0.397 e. The second-order valence-corrected chi connectivity index (χ2v) is 4.42. The zero-order valence-electron chi connectivity index (χ0n) is 10.0. The lowest BCUT2D eigenvalue weighted by molar-refractivity contribution is 0.432. The molecule has 3 aromatic rings. The highest BCUT2D eigenvalue weighted by molar-refractivity contribution is 6.33. The Hall–Kier alpha value is -2.47.